The molecular weight excluding hydrogens is 281 g/mol. The van der Waals surface area contributed by atoms with Gasteiger partial charge in [0, 0.05) is 0 Å². The van der Waals surface area contributed by atoms with Crippen LogP contribution in [0.25, 0.3) is 0 Å². The normalized spacial score (nSPS) is 10.8. The summed E-state index contributed by atoms with van der Waals surface area (Å²) < 4.78 is 49.3. The highest BCUT2D eigenvalue weighted by Crippen LogP contribution is 2.27. The predicted octanol–water partition coefficient (Wildman–Crippen LogP) is 1.88. The number of hydrogen-bond acceptors (Lipinski definition) is 5. The van der Waals surface area contributed by atoms with E-state index in [-0.39, 0.29) is 0 Å². The zero-order chi connectivity index (χ0) is 15.3. The molecule has 0 amide bonds. The van der Waals surface area contributed by atoms with E-state index in [0.29, 0.717) is 17.1 Å². The SMILES string of the molecule is COc1ccc(CC(=O)OC(=O)C(F)(F)F)cc1OC. The molecule has 0 aromatic heterocycles. The van der Waals surface area contributed by atoms with Crippen molar-refractivity contribution in [2.75, 3.05) is 14.2 Å². The van der Waals surface area contributed by atoms with E-state index >= 15 is 0 Å². The Morgan fingerprint density at radius 3 is 2.20 bits per heavy atom. The Labute approximate surface area is 112 Å². The molecule has 0 spiro atoms. The molecule has 1 rings (SSSR count). The van der Waals surface area contributed by atoms with E-state index in [2.05, 4.69) is 4.74 Å². The lowest BCUT2D eigenvalue weighted by molar-refractivity contribution is -0.201. The van der Waals surface area contributed by atoms with Crippen molar-refractivity contribution in [3.8, 4) is 11.5 Å². The van der Waals surface area contributed by atoms with E-state index in [1.165, 1.54) is 32.4 Å². The van der Waals surface area contributed by atoms with Gasteiger partial charge in [-0.2, -0.15) is 13.2 Å². The molecule has 0 bridgehead atoms. The topological polar surface area (TPSA) is 61.8 Å². The van der Waals surface area contributed by atoms with Crippen LogP contribution in [0.5, 0.6) is 11.5 Å². The Bertz CT molecular complexity index is 510. The minimum Gasteiger partial charge on any atom is -0.493 e. The number of esters is 2. The lowest BCUT2D eigenvalue weighted by Crippen LogP contribution is -2.28. The van der Waals surface area contributed by atoms with Crippen molar-refractivity contribution in [2.24, 2.45) is 0 Å². The van der Waals surface area contributed by atoms with Gasteiger partial charge in [-0.15, -0.1) is 0 Å². The van der Waals surface area contributed by atoms with Gasteiger partial charge in [0.05, 0.1) is 20.6 Å². The van der Waals surface area contributed by atoms with Gasteiger partial charge >= 0.3 is 18.1 Å². The molecule has 0 unspecified atom stereocenters. The second kappa shape index (κ2) is 6.27. The molecular formula is C12H11F3O5. The average molecular weight is 292 g/mol. The molecule has 8 heteroatoms. The Kier molecular flexibility index (Phi) is 4.95. The summed E-state index contributed by atoms with van der Waals surface area (Å²) in [6.45, 7) is 0. The smallest absolute Gasteiger partial charge is 0.491 e. The molecule has 1 aromatic carbocycles. The van der Waals surface area contributed by atoms with Gasteiger partial charge in [0.1, 0.15) is 0 Å². The van der Waals surface area contributed by atoms with Gasteiger partial charge in [-0.25, -0.2) is 4.79 Å². The summed E-state index contributed by atoms with van der Waals surface area (Å²) in [5.41, 5.74) is 0.322. The molecule has 5 nitrogen and oxygen atoms in total. The van der Waals surface area contributed by atoms with Crippen molar-refractivity contribution >= 4 is 11.9 Å². The standard InChI is InChI=1S/C12H11F3O5/c1-18-8-4-3-7(5-9(8)19-2)6-10(16)20-11(17)12(13,14)15/h3-5H,6H2,1-2H3. The van der Waals surface area contributed by atoms with Crippen LogP contribution in [-0.2, 0) is 20.7 Å². The maximum atomic E-state index is 11.9. The van der Waals surface area contributed by atoms with E-state index in [4.69, 9.17) is 9.47 Å². The van der Waals surface area contributed by atoms with Gasteiger partial charge in [0.2, 0.25) is 0 Å². The van der Waals surface area contributed by atoms with E-state index in [1.807, 2.05) is 0 Å². The fourth-order valence-electron chi connectivity index (χ4n) is 1.35. The summed E-state index contributed by atoms with van der Waals surface area (Å²) in [5.74, 6) is -3.14. The second-order valence-electron chi connectivity index (χ2n) is 3.63. The molecule has 20 heavy (non-hydrogen) atoms. The van der Waals surface area contributed by atoms with Crippen LogP contribution in [0.4, 0.5) is 13.2 Å². The van der Waals surface area contributed by atoms with Crippen LogP contribution in [-0.4, -0.2) is 32.3 Å². The third-order valence-electron chi connectivity index (χ3n) is 2.23. The summed E-state index contributed by atoms with van der Waals surface area (Å²) in [6, 6.07) is 4.33. The number of carbonyl (C=O) groups is 2. The summed E-state index contributed by atoms with van der Waals surface area (Å²) in [6.07, 6.45) is -5.70. The third kappa shape index (κ3) is 4.15. The van der Waals surface area contributed by atoms with Crippen LogP contribution >= 0.6 is 0 Å². The van der Waals surface area contributed by atoms with Gasteiger partial charge in [-0.3, -0.25) is 4.79 Å². The first-order valence-electron chi connectivity index (χ1n) is 5.30. The quantitative estimate of drug-likeness (QED) is 0.626. The lowest BCUT2D eigenvalue weighted by Gasteiger charge is -2.09. The fraction of sp³-hybridized carbons (Fsp3) is 0.333. The fourth-order valence-corrected chi connectivity index (χ4v) is 1.35. The average Bonchev–Trinajstić information content (AvgIpc) is 2.37. The summed E-state index contributed by atoms with van der Waals surface area (Å²) >= 11 is 0. The van der Waals surface area contributed by atoms with Crippen LogP contribution in [0.1, 0.15) is 5.56 Å². The molecule has 1 aromatic rings. The molecule has 0 aliphatic carbocycles. The predicted molar refractivity (Wildman–Crippen MR) is 60.4 cm³/mol. The van der Waals surface area contributed by atoms with Gasteiger partial charge in [-0.1, -0.05) is 6.07 Å². The van der Waals surface area contributed by atoms with Crippen LogP contribution in [0, 0.1) is 0 Å². The van der Waals surface area contributed by atoms with Crippen molar-refractivity contribution in [1.82, 2.24) is 0 Å². The molecule has 0 heterocycles. The molecule has 0 atom stereocenters. The first-order chi connectivity index (χ1) is 9.27. The van der Waals surface area contributed by atoms with Crippen LogP contribution in [0.15, 0.2) is 18.2 Å². The van der Waals surface area contributed by atoms with Gasteiger partial charge in [0.25, 0.3) is 0 Å². The largest absolute Gasteiger partial charge is 0.493 e. The van der Waals surface area contributed by atoms with Crippen molar-refractivity contribution in [3.05, 3.63) is 23.8 Å². The number of hydrogen-bond donors (Lipinski definition) is 0. The van der Waals surface area contributed by atoms with Crippen molar-refractivity contribution in [2.45, 2.75) is 12.6 Å². The molecule has 0 N–H and O–H groups in total. The molecule has 0 saturated heterocycles. The first-order valence-corrected chi connectivity index (χ1v) is 5.30. The zero-order valence-corrected chi connectivity index (χ0v) is 10.6. The van der Waals surface area contributed by atoms with Crippen molar-refractivity contribution < 1.29 is 37.0 Å². The Balaban J connectivity index is 2.74. The number of alkyl halides is 3. The van der Waals surface area contributed by atoms with Gasteiger partial charge < -0.3 is 14.2 Å². The lowest BCUT2D eigenvalue weighted by atomic mass is 10.1. The molecule has 110 valence electrons. The minimum absolute atomic E-state index is 0.306. The van der Waals surface area contributed by atoms with Crippen molar-refractivity contribution in [1.29, 1.82) is 0 Å². The molecule has 0 saturated carbocycles. The number of benzene rings is 1. The van der Waals surface area contributed by atoms with Crippen LogP contribution in [0.3, 0.4) is 0 Å². The monoisotopic (exact) mass is 292 g/mol. The Morgan fingerprint density at radius 1 is 1.10 bits per heavy atom. The molecule has 0 aliphatic heterocycles. The summed E-state index contributed by atoms with van der Waals surface area (Å²) in [5, 5.41) is 0. The van der Waals surface area contributed by atoms with Gasteiger partial charge in [-0.05, 0) is 17.7 Å². The Morgan fingerprint density at radius 2 is 1.70 bits per heavy atom. The zero-order valence-electron chi connectivity index (χ0n) is 10.6. The van der Waals surface area contributed by atoms with E-state index in [9.17, 15) is 22.8 Å². The summed E-state index contributed by atoms with van der Waals surface area (Å²) in [7, 11) is 2.78. The van der Waals surface area contributed by atoms with E-state index < -0.39 is 24.5 Å². The number of ether oxygens (including phenoxy) is 3. The number of rotatable bonds is 4. The van der Waals surface area contributed by atoms with Gasteiger partial charge in [0.15, 0.2) is 11.5 Å². The highest BCUT2D eigenvalue weighted by Gasteiger charge is 2.42. The molecule has 0 radical (unpaired) electrons. The highest BCUT2D eigenvalue weighted by molar-refractivity contribution is 5.89. The number of halogens is 3. The number of methoxy groups -OCH3 is 2. The molecule has 0 fully saturated rings. The van der Waals surface area contributed by atoms with Crippen molar-refractivity contribution in [3.63, 3.8) is 0 Å². The van der Waals surface area contributed by atoms with Crippen LogP contribution < -0.4 is 9.47 Å². The Hall–Kier alpha value is -2.25. The second-order valence-corrected chi connectivity index (χ2v) is 3.63. The van der Waals surface area contributed by atoms with E-state index in [1.54, 1.807) is 0 Å². The minimum atomic E-state index is -5.20. The first kappa shape index (κ1) is 15.8. The molecule has 0 aliphatic rings. The number of carbonyl (C=O) groups excluding carboxylic acids is 2. The van der Waals surface area contributed by atoms with Crippen LogP contribution in [0.2, 0.25) is 0 Å². The summed E-state index contributed by atoms with van der Waals surface area (Å²) in [4.78, 5) is 21.7. The maximum absolute atomic E-state index is 11.9. The van der Waals surface area contributed by atoms with E-state index in [0.717, 1.165) is 0 Å². The highest BCUT2D eigenvalue weighted by atomic mass is 19.4. The third-order valence-corrected chi connectivity index (χ3v) is 2.23. The maximum Gasteiger partial charge on any atom is 0.491 e.